The predicted octanol–water partition coefficient (Wildman–Crippen LogP) is 3.45. The second kappa shape index (κ2) is 6.44. The summed E-state index contributed by atoms with van der Waals surface area (Å²) in [5.74, 6) is 0.733. The number of hydrogen-bond donors (Lipinski definition) is 1. The Bertz CT molecular complexity index is 589. The number of anilines is 1. The maximum absolute atomic E-state index is 4.32. The Kier molecular flexibility index (Phi) is 4.39. The highest BCUT2D eigenvalue weighted by atomic mass is 15.2. The van der Waals surface area contributed by atoms with Gasteiger partial charge in [0.15, 0.2) is 0 Å². The van der Waals surface area contributed by atoms with Crippen molar-refractivity contribution in [3.8, 4) is 0 Å². The largest absolute Gasteiger partial charge is 0.369 e. The summed E-state index contributed by atoms with van der Waals surface area (Å²) in [5.41, 5.74) is 1.33. The molecule has 1 aliphatic heterocycles. The molecule has 0 amide bonds. The van der Waals surface area contributed by atoms with Gasteiger partial charge in [-0.2, -0.15) is 0 Å². The van der Waals surface area contributed by atoms with Gasteiger partial charge in [-0.15, -0.1) is 0 Å². The quantitative estimate of drug-likeness (QED) is 0.935. The molecular formula is C18H25N3. The van der Waals surface area contributed by atoms with Crippen molar-refractivity contribution < 1.29 is 0 Å². The molecule has 1 fully saturated rings. The lowest BCUT2D eigenvalue weighted by atomic mass is 10.0. The third-order valence-corrected chi connectivity index (χ3v) is 4.24. The first-order valence-electron chi connectivity index (χ1n) is 8.05. The topological polar surface area (TPSA) is 28.2 Å². The van der Waals surface area contributed by atoms with Crippen molar-refractivity contribution in [1.82, 2.24) is 10.3 Å². The molecule has 1 aromatic heterocycles. The molecule has 3 heteroatoms. The Morgan fingerprint density at radius 1 is 1.33 bits per heavy atom. The Morgan fingerprint density at radius 2 is 2.24 bits per heavy atom. The molecule has 3 nitrogen and oxygen atoms in total. The first-order chi connectivity index (χ1) is 10.2. The Hall–Kier alpha value is -1.61. The van der Waals surface area contributed by atoms with Crippen molar-refractivity contribution in [1.29, 1.82) is 0 Å². The molecule has 1 saturated heterocycles. The van der Waals surface area contributed by atoms with Crippen LogP contribution in [0.5, 0.6) is 0 Å². The molecule has 112 valence electrons. The fourth-order valence-electron chi connectivity index (χ4n) is 3.32. The first-order valence-corrected chi connectivity index (χ1v) is 8.05. The van der Waals surface area contributed by atoms with Crippen LogP contribution in [0.25, 0.3) is 10.8 Å². The molecule has 1 aromatic carbocycles. The van der Waals surface area contributed by atoms with Gasteiger partial charge in [0, 0.05) is 42.6 Å². The third-order valence-electron chi connectivity index (χ3n) is 4.24. The molecule has 2 aromatic rings. The van der Waals surface area contributed by atoms with Gasteiger partial charge >= 0.3 is 0 Å². The lowest BCUT2D eigenvalue weighted by Gasteiger charge is -2.28. The van der Waals surface area contributed by atoms with Crippen LogP contribution in [0.15, 0.2) is 36.7 Å². The van der Waals surface area contributed by atoms with Crippen molar-refractivity contribution in [2.45, 2.75) is 32.7 Å². The normalized spacial score (nSPS) is 20.0. The summed E-state index contributed by atoms with van der Waals surface area (Å²) in [7, 11) is 0. The summed E-state index contributed by atoms with van der Waals surface area (Å²) >= 11 is 0. The number of nitrogens with one attached hydrogen (secondary N) is 1. The zero-order chi connectivity index (χ0) is 14.7. The van der Waals surface area contributed by atoms with E-state index in [1.54, 1.807) is 0 Å². The SMILES string of the molecule is CC(C)CC1CN(c2cccc3ccncc23)CCCN1. The molecule has 1 aliphatic rings. The number of fused-ring (bicyclic) bond motifs is 1. The lowest BCUT2D eigenvalue weighted by Crippen LogP contribution is -2.38. The summed E-state index contributed by atoms with van der Waals surface area (Å²) < 4.78 is 0. The number of rotatable bonds is 3. The van der Waals surface area contributed by atoms with E-state index in [1.165, 1.54) is 29.3 Å². The second-order valence-electron chi connectivity index (χ2n) is 6.45. The molecule has 0 spiro atoms. The highest BCUT2D eigenvalue weighted by Crippen LogP contribution is 2.27. The molecule has 0 radical (unpaired) electrons. The van der Waals surface area contributed by atoms with Gasteiger partial charge in [-0.3, -0.25) is 4.98 Å². The maximum atomic E-state index is 4.32. The number of benzene rings is 1. The lowest BCUT2D eigenvalue weighted by molar-refractivity contribution is 0.436. The molecule has 0 saturated carbocycles. The van der Waals surface area contributed by atoms with E-state index in [0.29, 0.717) is 6.04 Å². The number of nitrogens with zero attached hydrogens (tertiary/aromatic N) is 2. The minimum atomic E-state index is 0.583. The fourth-order valence-corrected chi connectivity index (χ4v) is 3.32. The van der Waals surface area contributed by atoms with Gasteiger partial charge in [0.1, 0.15) is 0 Å². The Morgan fingerprint density at radius 3 is 3.10 bits per heavy atom. The smallest absolute Gasteiger partial charge is 0.0462 e. The number of hydrogen-bond acceptors (Lipinski definition) is 3. The zero-order valence-corrected chi connectivity index (χ0v) is 13.0. The summed E-state index contributed by atoms with van der Waals surface area (Å²) in [6.45, 7) is 7.94. The van der Waals surface area contributed by atoms with Crippen LogP contribution in [0.1, 0.15) is 26.7 Å². The maximum Gasteiger partial charge on any atom is 0.0462 e. The van der Waals surface area contributed by atoms with Gasteiger partial charge in [-0.1, -0.05) is 26.0 Å². The average molecular weight is 283 g/mol. The van der Waals surface area contributed by atoms with Crippen LogP contribution < -0.4 is 10.2 Å². The van der Waals surface area contributed by atoms with E-state index >= 15 is 0 Å². The van der Waals surface area contributed by atoms with E-state index in [0.717, 1.165) is 25.6 Å². The molecule has 1 N–H and O–H groups in total. The van der Waals surface area contributed by atoms with Crippen molar-refractivity contribution in [3.05, 3.63) is 36.7 Å². The van der Waals surface area contributed by atoms with Gasteiger partial charge in [-0.25, -0.2) is 0 Å². The fraction of sp³-hybridized carbons (Fsp3) is 0.500. The second-order valence-corrected chi connectivity index (χ2v) is 6.45. The highest BCUT2D eigenvalue weighted by Gasteiger charge is 2.20. The minimum Gasteiger partial charge on any atom is -0.369 e. The van der Waals surface area contributed by atoms with E-state index in [-0.39, 0.29) is 0 Å². The van der Waals surface area contributed by atoms with Crippen LogP contribution >= 0.6 is 0 Å². The average Bonchev–Trinajstić information content (AvgIpc) is 2.71. The van der Waals surface area contributed by atoms with Crippen molar-refractivity contribution in [2.24, 2.45) is 5.92 Å². The van der Waals surface area contributed by atoms with Crippen LogP contribution in [-0.4, -0.2) is 30.7 Å². The van der Waals surface area contributed by atoms with Crippen LogP contribution in [0.3, 0.4) is 0 Å². The molecular weight excluding hydrogens is 258 g/mol. The Labute approximate surface area is 127 Å². The summed E-state index contributed by atoms with van der Waals surface area (Å²) in [6, 6.07) is 9.25. The molecule has 21 heavy (non-hydrogen) atoms. The predicted molar refractivity (Wildman–Crippen MR) is 89.8 cm³/mol. The zero-order valence-electron chi connectivity index (χ0n) is 13.0. The molecule has 1 unspecified atom stereocenters. The van der Waals surface area contributed by atoms with Gasteiger partial charge in [-0.05, 0) is 42.8 Å². The van der Waals surface area contributed by atoms with Crippen LogP contribution in [0.2, 0.25) is 0 Å². The number of aromatic nitrogens is 1. The van der Waals surface area contributed by atoms with Crippen molar-refractivity contribution in [2.75, 3.05) is 24.5 Å². The van der Waals surface area contributed by atoms with E-state index in [9.17, 15) is 0 Å². The Balaban J connectivity index is 1.89. The van der Waals surface area contributed by atoms with Crippen LogP contribution in [0.4, 0.5) is 5.69 Å². The van der Waals surface area contributed by atoms with Gasteiger partial charge < -0.3 is 10.2 Å². The standard InChI is InChI=1S/C18H25N3/c1-14(2)11-16-13-21(10-4-8-20-16)18-6-3-5-15-7-9-19-12-17(15)18/h3,5-7,9,12,14,16,20H,4,8,10-11,13H2,1-2H3. The summed E-state index contributed by atoms with van der Waals surface area (Å²) in [5, 5.41) is 6.25. The summed E-state index contributed by atoms with van der Waals surface area (Å²) in [6.07, 6.45) is 6.31. The third kappa shape index (κ3) is 3.35. The molecule has 1 atom stereocenters. The summed E-state index contributed by atoms with van der Waals surface area (Å²) in [4.78, 5) is 6.86. The van der Waals surface area contributed by atoms with E-state index in [2.05, 4.69) is 53.3 Å². The molecule has 0 aliphatic carbocycles. The monoisotopic (exact) mass is 283 g/mol. The van der Waals surface area contributed by atoms with E-state index in [4.69, 9.17) is 0 Å². The van der Waals surface area contributed by atoms with Gasteiger partial charge in [0.05, 0.1) is 0 Å². The van der Waals surface area contributed by atoms with Crippen LogP contribution in [0, 0.1) is 5.92 Å². The molecule has 3 rings (SSSR count). The molecule has 0 bridgehead atoms. The van der Waals surface area contributed by atoms with Gasteiger partial charge in [0.2, 0.25) is 0 Å². The van der Waals surface area contributed by atoms with Crippen molar-refractivity contribution in [3.63, 3.8) is 0 Å². The highest BCUT2D eigenvalue weighted by molar-refractivity contribution is 5.93. The van der Waals surface area contributed by atoms with E-state index < -0.39 is 0 Å². The number of pyridine rings is 1. The van der Waals surface area contributed by atoms with Crippen molar-refractivity contribution >= 4 is 16.5 Å². The first kappa shape index (κ1) is 14.3. The van der Waals surface area contributed by atoms with Gasteiger partial charge in [0.25, 0.3) is 0 Å². The molecule has 2 heterocycles. The van der Waals surface area contributed by atoms with Crippen LogP contribution in [-0.2, 0) is 0 Å². The minimum absolute atomic E-state index is 0.583. The van der Waals surface area contributed by atoms with E-state index in [1.807, 2.05) is 12.4 Å².